The SMILES string of the molecule is CCNCc1c(N2CCCC2C(C)C)nc2ccccn12. The van der Waals surface area contributed by atoms with Crippen LogP contribution in [0.2, 0.25) is 0 Å². The average molecular weight is 286 g/mol. The first kappa shape index (κ1) is 14.4. The van der Waals surface area contributed by atoms with E-state index in [2.05, 4.69) is 59.8 Å². The van der Waals surface area contributed by atoms with Gasteiger partial charge in [-0.15, -0.1) is 0 Å². The van der Waals surface area contributed by atoms with Gasteiger partial charge in [0.25, 0.3) is 0 Å². The molecule has 2 aromatic heterocycles. The van der Waals surface area contributed by atoms with Crippen LogP contribution in [0.15, 0.2) is 24.4 Å². The summed E-state index contributed by atoms with van der Waals surface area (Å²) in [5.41, 5.74) is 2.34. The van der Waals surface area contributed by atoms with Crippen molar-refractivity contribution in [2.24, 2.45) is 5.92 Å². The Morgan fingerprint density at radius 1 is 1.38 bits per heavy atom. The van der Waals surface area contributed by atoms with Gasteiger partial charge in [-0.05, 0) is 37.4 Å². The Labute approximate surface area is 127 Å². The summed E-state index contributed by atoms with van der Waals surface area (Å²) in [6.07, 6.45) is 4.68. The third kappa shape index (κ3) is 2.64. The maximum Gasteiger partial charge on any atom is 0.152 e. The highest BCUT2D eigenvalue weighted by Gasteiger charge is 2.30. The number of nitrogens with zero attached hydrogens (tertiary/aromatic N) is 3. The van der Waals surface area contributed by atoms with Crippen molar-refractivity contribution in [1.29, 1.82) is 0 Å². The molecule has 1 unspecified atom stereocenters. The minimum atomic E-state index is 0.621. The van der Waals surface area contributed by atoms with E-state index in [9.17, 15) is 0 Å². The summed E-state index contributed by atoms with van der Waals surface area (Å²) < 4.78 is 2.23. The van der Waals surface area contributed by atoms with Crippen molar-refractivity contribution in [3.8, 4) is 0 Å². The van der Waals surface area contributed by atoms with Gasteiger partial charge in [-0.1, -0.05) is 26.8 Å². The van der Waals surface area contributed by atoms with Crippen molar-refractivity contribution < 1.29 is 0 Å². The van der Waals surface area contributed by atoms with Crippen LogP contribution in [0.25, 0.3) is 5.65 Å². The van der Waals surface area contributed by atoms with E-state index in [4.69, 9.17) is 4.98 Å². The van der Waals surface area contributed by atoms with Crippen LogP contribution >= 0.6 is 0 Å². The van der Waals surface area contributed by atoms with Crippen LogP contribution in [0.4, 0.5) is 5.82 Å². The molecule has 1 atom stereocenters. The fourth-order valence-electron chi connectivity index (χ4n) is 3.42. The number of fused-ring (bicyclic) bond motifs is 1. The number of anilines is 1. The standard InChI is InChI=1S/C17H26N4/c1-4-18-12-15-17(19-16-9-5-6-10-20(15)16)21-11-7-8-14(21)13(2)3/h5-6,9-10,13-14,18H,4,7-8,11-12H2,1-3H3. The minimum absolute atomic E-state index is 0.621. The van der Waals surface area contributed by atoms with Gasteiger partial charge < -0.3 is 14.6 Å². The van der Waals surface area contributed by atoms with Gasteiger partial charge in [-0.3, -0.25) is 0 Å². The van der Waals surface area contributed by atoms with Crippen molar-refractivity contribution in [3.05, 3.63) is 30.1 Å². The van der Waals surface area contributed by atoms with E-state index >= 15 is 0 Å². The van der Waals surface area contributed by atoms with Crippen LogP contribution in [-0.4, -0.2) is 28.5 Å². The largest absolute Gasteiger partial charge is 0.352 e. The summed E-state index contributed by atoms with van der Waals surface area (Å²) in [7, 11) is 0. The van der Waals surface area contributed by atoms with E-state index in [0.717, 1.165) is 25.3 Å². The quantitative estimate of drug-likeness (QED) is 0.917. The Kier molecular flexibility index (Phi) is 4.15. The number of hydrogen-bond acceptors (Lipinski definition) is 3. The zero-order valence-electron chi connectivity index (χ0n) is 13.3. The molecule has 1 fully saturated rings. The molecule has 4 nitrogen and oxygen atoms in total. The molecule has 1 saturated heterocycles. The number of pyridine rings is 1. The molecular weight excluding hydrogens is 260 g/mol. The molecule has 0 bridgehead atoms. The van der Waals surface area contributed by atoms with E-state index in [1.807, 2.05) is 0 Å². The van der Waals surface area contributed by atoms with E-state index in [0.29, 0.717) is 12.0 Å². The number of hydrogen-bond donors (Lipinski definition) is 1. The van der Waals surface area contributed by atoms with Gasteiger partial charge in [-0.25, -0.2) is 4.98 Å². The highest BCUT2D eigenvalue weighted by Crippen LogP contribution is 2.32. The average Bonchev–Trinajstić information content (AvgIpc) is 3.09. The molecule has 1 aliphatic rings. The monoisotopic (exact) mass is 286 g/mol. The second-order valence-corrected chi connectivity index (χ2v) is 6.24. The molecule has 0 radical (unpaired) electrons. The normalized spacial score (nSPS) is 19.0. The first-order valence-corrected chi connectivity index (χ1v) is 8.15. The van der Waals surface area contributed by atoms with E-state index < -0.39 is 0 Å². The molecule has 0 saturated carbocycles. The Morgan fingerprint density at radius 3 is 3.00 bits per heavy atom. The molecule has 0 spiro atoms. The van der Waals surface area contributed by atoms with Crippen LogP contribution in [0, 0.1) is 5.92 Å². The Hall–Kier alpha value is -1.55. The Morgan fingerprint density at radius 2 is 2.24 bits per heavy atom. The van der Waals surface area contributed by atoms with Crippen LogP contribution in [0.3, 0.4) is 0 Å². The first-order valence-electron chi connectivity index (χ1n) is 8.15. The molecular formula is C17H26N4. The fourth-order valence-corrected chi connectivity index (χ4v) is 3.42. The van der Waals surface area contributed by atoms with Crippen molar-refractivity contribution >= 4 is 11.5 Å². The lowest BCUT2D eigenvalue weighted by Gasteiger charge is -2.28. The highest BCUT2D eigenvalue weighted by atomic mass is 15.3. The van der Waals surface area contributed by atoms with E-state index in [1.54, 1.807) is 0 Å². The van der Waals surface area contributed by atoms with Gasteiger partial charge in [0.2, 0.25) is 0 Å². The van der Waals surface area contributed by atoms with Gasteiger partial charge in [0.1, 0.15) is 5.65 Å². The lowest BCUT2D eigenvalue weighted by atomic mass is 10.0. The van der Waals surface area contributed by atoms with Crippen LogP contribution < -0.4 is 10.2 Å². The highest BCUT2D eigenvalue weighted by molar-refractivity contribution is 5.57. The molecule has 4 heteroatoms. The second-order valence-electron chi connectivity index (χ2n) is 6.24. The van der Waals surface area contributed by atoms with Gasteiger partial charge in [0.15, 0.2) is 5.82 Å². The molecule has 1 N–H and O–H groups in total. The zero-order valence-corrected chi connectivity index (χ0v) is 13.3. The molecule has 3 heterocycles. The van der Waals surface area contributed by atoms with Crippen LogP contribution in [-0.2, 0) is 6.54 Å². The predicted octanol–water partition coefficient (Wildman–Crippen LogP) is 3.07. The molecule has 3 rings (SSSR count). The number of rotatable bonds is 5. The maximum absolute atomic E-state index is 4.93. The summed E-state index contributed by atoms with van der Waals surface area (Å²) in [4.78, 5) is 7.46. The molecule has 0 aromatic carbocycles. The predicted molar refractivity (Wildman–Crippen MR) is 87.8 cm³/mol. The molecule has 2 aromatic rings. The maximum atomic E-state index is 4.93. The summed E-state index contributed by atoms with van der Waals surface area (Å²) >= 11 is 0. The summed E-state index contributed by atoms with van der Waals surface area (Å²) in [6.45, 7) is 9.78. The second kappa shape index (κ2) is 6.06. The summed E-state index contributed by atoms with van der Waals surface area (Å²) in [6, 6.07) is 6.86. The van der Waals surface area contributed by atoms with Gasteiger partial charge in [0.05, 0.1) is 5.69 Å². The van der Waals surface area contributed by atoms with Crippen molar-refractivity contribution in [1.82, 2.24) is 14.7 Å². The molecule has 114 valence electrons. The van der Waals surface area contributed by atoms with Gasteiger partial charge in [0, 0.05) is 25.3 Å². The van der Waals surface area contributed by atoms with Crippen molar-refractivity contribution in [3.63, 3.8) is 0 Å². The third-order valence-corrected chi connectivity index (χ3v) is 4.49. The first-order chi connectivity index (χ1) is 10.2. The number of imidazole rings is 1. The molecule has 0 amide bonds. The Bertz CT molecular complexity index is 602. The van der Waals surface area contributed by atoms with E-state index in [-0.39, 0.29) is 0 Å². The summed E-state index contributed by atoms with van der Waals surface area (Å²) in [5, 5.41) is 3.46. The van der Waals surface area contributed by atoms with Crippen molar-refractivity contribution in [2.45, 2.75) is 46.2 Å². The topological polar surface area (TPSA) is 32.6 Å². The zero-order chi connectivity index (χ0) is 14.8. The van der Waals surface area contributed by atoms with Gasteiger partial charge in [-0.2, -0.15) is 0 Å². The Balaban J connectivity index is 2.04. The van der Waals surface area contributed by atoms with Crippen LogP contribution in [0.1, 0.15) is 39.3 Å². The number of aromatic nitrogens is 2. The van der Waals surface area contributed by atoms with E-state index in [1.165, 1.54) is 24.4 Å². The smallest absolute Gasteiger partial charge is 0.152 e. The molecule has 1 aliphatic heterocycles. The lowest BCUT2D eigenvalue weighted by Crippen LogP contribution is -2.34. The minimum Gasteiger partial charge on any atom is -0.352 e. The van der Waals surface area contributed by atoms with Crippen LogP contribution in [0.5, 0.6) is 0 Å². The fraction of sp³-hybridized carbons (Fsp3) is 0.588. The molecule has 0 aliphatic carbocycles. The summed E-state index contributed by atoms with van der Waals surface area (Å²) in [5.74, 6) is 1.85. The lowest BCUT2D eigenvalue weighted by molar-refractivity contribution is 0.488. The van der Waals surface area contributed by atoms with Crippen molar-refractivity contribution in [2.75, 3.05) is 18.0 Å². The molecule has 21 heavy (non-hydrogen) atoms. The number of nitrogens with one attached hydrogen (secondary N) is 1. The van der Waals surface area contributed by atoms with Gasteiger partial charge >= 0.3 is 0 Å². The third-order valence-electron chi connectivity index (χ3n) is 4.49.